The summed E-state index contributed by atoms with van der Waals surface area (Å²) in [6.07, 6.45) is 3.43. The highest BCUT2D eigenvalue weighted by molar-refractivity contribution is 5.95. The van der Waals surface area contributed by atoms with Gasteiger partial charge in [0, 0.05) is 19.5 Å². The van der Waals surface area contributed by atoms with Crippen LogP contribution in [0.25, 0.3) is 0 Å². The molecule has 1 fully saturated rings. The normalized spacial score (nSPS) is 14.8. The second-order valence-corrected chi connectivity index (χ2v) is 7.54. The first-order chi connectivity index (χ1) is 13.5. The maximum absolute atomic E-state index is 12.9. The molecule has 1 aromatic rings. The van der Waals surface area contributed by atoms with Crippen LogP contribution in [0.3, 0.4) is 0 Å². The molecule has 1 aromatic heterocycles. The lowest BCUT2D eigenvalue weighted by Gasteiger charge is -2.24. The molecular weight excluding hydrogens is 358 g/mol. The maximum atomic E-state index is 12.9. The molecule has 1 saturated heterocycles. The fourth-order valence-corrected chi connectivity index (χ4v) is 3.49. The Morgan fingerprint density at radius 3 is 2.57 bits per heavy atom. The zero-order chi connectivity index (χ0) is 20.4. The number of nitrogens with zero attached hydrogens (tertiary/aromatic N) is 1. The van der Waals surface area contributed by atoms with Gasteiger partial charge in [-0.2, -0.15) is 0 Å². The van der Waals surface area contributed by atoms with Crippen LogP contribution in [0.4, 0.5) is 0 Å². The lowest BCUT2D eigenvalue weighted by molar-refractivity contribution is -0.906. The Kier molecular flexibility index (Phi) is 9.50. The van der Waals surface area contributed by atoms with Gasteiger partial charge in [0.05, 0.1) is 31.9 Å². The number of carbonyl (C=O) groups excluding carboxylic acids is 2. The van der Waals surface area contributed by atoms with E-state index >= 15 is 0 Å². The molecule has 0 saturated carbocycles. The average Bonchev–Trinajstić information content (AvgIpc) is 3.03. The summed E-state index contributed by atoms with van der Waals surface area (Å²) < 4.78 is 10.9. The average molecular weight is 395 g/mol. The molecule has 0 unspecified atom stereocenters. The van der Waals surface area contributed by atoms with E-state index < -0.39 is 0 Å². The maximum Gasteiger partial charge on any atom is 0.257 e. The molecule has 0 aliphatic carbocycles. The van der Waals surface area contributed by atoms with E-state index in [0.717, 1.165) is 57.9 Å². The van der Waals surface area contributed by atoms with E-state index in [9.17, 15) is 9.59 Å². The number of furan rings is 1. The Morgan fingerprint density at radius 1 is 1.18 bits per heavy atom. The van der Waals surface area contributed by atoms with Gasteiger partial charge < -0.3 is 24.3 Å². The number of carbonyl (C=O) groups is 2. The molecule has 0 aromatic carbocycles. The number of hydrogen-bond acceptors (Lipinski definition) is 4. The van der Waals surface area contributed by atoms with Gasteiger partial charge in [0.1, 0.15) is 24.6 Å². The lowest BCUT2D eigenvalue weighted by Crippen LogP contribution is -3.14. The smallest absolute Gasteiger partial charge is 0.257 e. The van der Waals surface area contributed by atoms with Gasteiger partial charge in [-0.05, 0) is 26.3 Å². The third-order valence-electron chi connectivity index (χ3n) is 5.20. The van der Waals surface area contributed by atoms with E-state index in [1.54, 1.807) is 11.0 Å². The fourth-order valence-electron chi connectivity index (χ4n) is 3.49. The van der Waals surface area contributed by atoms with Crippen molar-refractivity contribution in [3.63, 3.8) is 0 Å². The number of morpholine rings is 1. The fraction of sp³-hybridized carbons (Fsp3) is 0.714. The Balaban J connectivity index is 1.81. The topological polar surface area (TPSA) is 76.2 Å². The molecule has 7 heteroatoms. The molecule has 1 aliphatic heterocycles. The second-order valence-electron chi connectivity index (χ2n) is 7.54. The summed E-state index contributed by atoms with van der Waals surface area (Å²) in [5, 5.41) is 2.99. The van der Waals surface area contributed by atoms with Crippen LogP contribution in [-0.2, 0) is 9.53 Å². The molecular formula is C21H36N3O4+. The van der Waals surface area contributed by atoms with Crippen LogP contribution >= 0.6 is 0 Å². The summed E-state index contributed by atoms with van der Waals surface area (Å²) in [6.45, 7) is 12.1. The number of nitrogens with one attached hydrogen (secondary N) is 2. The van der Waals surface area contributed by atoms with Crippen LogP contribution < -0.4 is 10.2 Å². The number of hydrogen-bond donors (Lipinski definition) is 2. The standard InChI is InChI=1S/C21H35N3O4/c1-4-5-6-9-24(21(26)19-16-17(2)28-18(19)3)10-7-20(25)22-8-11-23-12-14-27-15-13-23/h16H,4-15H2,1-3H3,(H,22,25)/p+1. The van der Waals surface area contributed by atoms with Gasteiger partial charge in [-0.3, -0.25) is 9.59 Å². The molecule has 2 rings (SSSR count). The molecule has 7 nitrogen and oxygen atoms in total. The van der Waals surface area contributed by atoms with E-state index in [1.807, 2.05) is 13.8 Å². The minimum atomic E-state index is -0.0454. The zero-order valence-electron chi connectivity index (χ0n) is 17.6. The molecule has 0 bridgehead atoms. The third-order valence-corrected chi connectivity index (χ3v) is 5.20. The van der Waals surface area contributed by atoms with E-state index in [0.29, 0.717) is 37.4 Å². The third kappa shape index (κ3) is 7.28. The van der Waals surface area contributed by atoms with Crippen molar-refractivity contribution in [3.8, 4) is 0 Å². The molecule has 2 heterocycles. The largest absolute Gasteiger partial charge is 0.466 e. The zero-order valence-corrected chi connectivity index (χ0v) is 17.6. The number of quaternary nitrogens is 1. The number of unbranched alkanes of at least 4 members (excludes halogenated alkanes) is 2. The summed E-state index contributed by atoms with van der Waals surface area (Å²) in [4.78, 5) is 28.4. The summed E-state index contributed by atoms with van der Waals surface area (Å²) >= 11 is 0. The van der Waals surface area contributed by atoms with Crippen LogP contribution in [0.2, 0.25) is 0 Å². The molecule has 2 N–H and O–H groups in total. The summed E-state index contributed by atoms with van der Waals surface area (Å²) in [7, 11) is 0. The minimum Gasteiger partial charge on any atom is -0.466 e. The van der Waals surface area contributed by atoms with E-state index in [1.165, 1.54) is 4.90 Å². The molecule has 0 spiro atoms. The molecule has 28 heavy (non-hydrogen) atoms. The van der Waals surface area contributed by atoms with Crippen molar-refractivity contribution in [2.24, 2.45) is 0 Å². The molecule has 158 valence electrons. The van der Waals surface area contributed by atoms with Crippen LogP contribution in [0, 0.1) is 13.8 Å². The highest BCUT2D eigenvalue weighted by atomic mass is 16.5. The quantitative estimate of drug-likeness (QED) is 0.548. The Bertz CT molecular complexity index is 623. The number of rotatable bonds is 11. The minimum absolute atomic E-state index is 0.000970. The summed E-state index contributed by atoms with van der Waals surface area (Å²) in [5.74, 6) is 1.33. The van der Waals surface area contributed by atoms with Crippen molar-refractivity contribution in [3.05, 3.63) is 23.2 Å². The SMILES string of the molecule is CCCCCN(CCC(=O)NCC[NH+]1CCOCC1)C(=O)c1cc(C)oc1C. The number of ether oxygens (including phenoxy) is 1. The van der Waals surface area contributed by atoms with Gasteiger partial charge in [-0.15, -0.1) is 0 Å². The lowest BCUT2D eigenvalue weighted by atomic mass is 10.2. The Morgan fingerprint density at radius 2 is 1.93 bits per heavy atom. The van der Waals surface area contributed by atoms with E-state index in [2.05, 4.69) is 12.2 Å². The Hall–Kier alpha value is -1.86. The van der Waals surface area contributed by atoms with Gasteiger partial charge in [-0.1, -0.05) is 19.8 Å². The van der Waals surface area contributed by atoms with Crippen LogP contribution in [0.5, 0.6) is 0 Å². The van der Waals surface area contributed by atoms with E-state index in [4.69, 9.17) is 9.15 Å². The molecule has 0 radical (unpaired) electrons. The predicted octanol–water partition coefficient (Wildman–Crippen LogP) is 0.950. The van der Waals surface area contributed by atoms with Gasteiger partial charge in [-0.25, -0.2) is 0 Å². The van der Waals surface area contributed by atoms with Gasteiger partial charge >= 0.3 is 0 Å². The van der Waals surface area contributed by atoms with Crippen LogP contribution in [0.15, 0.2) is 10.5 Å². The van der Waals surface area contributed by atoms with Crippen molar-refractivity contribution in [1.29, 1.82) is 0 Å². The first kappa shape index (κ1) is 22.4. The summed E-state index contributed by atoms with van der Waals surface area (Å²) in [6, 6.07) is 1.79. The number of amides is 2. The first-order valence-corrected chi connectivity index (χ1v) is 10.6. The van der Waals surface area contributed by atoms with Crippen LogP contribution in [0.1, 0.15) is 54.5 Å². The highest BCUT2D eigenvalue weighted by Crippen LogP contribution is 2.17. The molecule has 2 amide bonds. The first-order valence-electron chi connectivity index (χ1n) is 10.6. The van der Waals surface area contributed by atoms with Crippen molar-refractivity contribution in [2.45, 2.75) is 46.5 Å². The van der Waals surface area contributed by atoms with Crippen LogP contribution in [-0.4, -0.2) is 69.2 Å². The van der Waals surface area contributed by atoms with E-state index in [-0.39, 0.29) is 11.8 Å². The molecule has 0 atom stereocenters. The molecule has 1 aliphatic rings. The van der Waals surface area contributed by atoms with Crippen molar-refractivity contribution >= 4 is 11.8 Å². The predicted molar refractivity (Wildman–Crippen MR) is 108 cm³/mol. The second kappa shape index (κ2) is 11.9. The highest BCUT2D eigenvalue weighted by Gasteiger charge is 2.21. The van der Waals surface area contributed by atoms with Gasteiger partial charge in [0.15, 0.2) is 0 Å². The van der Waals surface area contributed by atoms with Crippen molar-refractivity contribution < 1.29 is 23.6 Å². The number of aryl methyl sites for hydroxylation is 2. The van der Waals surface area contributed by atoms with Crippen molar-refractivity contribution in [1.82, 2.24) is 10.2 Å². The van der Waals surface area contributed by atoms with Gasteiger partial charge in [0.25, 0.3) is 5.91 Å². The summed E-state index contributed by atoms with van der Waals surface area (Å²) in [5.41, 5.74) is 0.602. The monoisotopic (exact) mass is 394 g/mol. The Labute approximate surface area is 168 Å². The van der Waals surface area contributed by atoms with Crippen molar-refractivity contribution in [2.75, 3.05) is 52.5 Å². The van der Waals surface area contributed by atoms with Gasteiger partial charge in [0.2, 0.25) is 5.91 Å².